The quantitative estimate of drug-likeness (QED) is 0.374. The number of carbonyl (C=O) groups is 1. The molecular formula is C24H18BrClF3N3O. The lowest BCUT2D eigenvalue weighted by Gasteiger charge is -2.27. The molecule has 9 heteroatoms. The van der Waals surface area contributed by atoms with Gasteiger partial charge in [-0.1, -0.05) is 51.8 Å². The number of hydrazone groups is 1. The van der Waals surface area contributed by atoms with Crippen LogP contribution in [0.4, 0.5) is 23.7 Å². The number of urea groups is 1. The molecular weight excluding hydrogens is 519 g/mol. The highest BCUT2D eigenvalue weighted by Crippen LogP contribution is 2.37. The monoisotopic (exact) mass is 535 g/mol. The largest absolute Gasteiger partial charge is 0.416 e. The summed E-state index contributed by atoms with van der Waals surface area (Å²) in [5.74, 6) is 0. The van der Waals surface area contributed by atoms with E-state index in [4.69, 9.17) is 11.6 Å². The lowest BCUT2D eigenvalue weighted by molar-refractivity contribution is -0.137. The number of nitrogens with zero attached hydrogens (tertiary/aromatic N) is 2. The molecule has 2 amide bonds. The Morgan fingerprint density at radius 1 is 1.03 bits per heavy atom. The van der Waals surface area contributed by atoms with Crippen LogP contribution in [0, 0.1) is 0 Å². The first-order valence-corrected chi connectivity index (χ1v) is 11.1. The van der Waals surface area contributed by atoms with Crippen LogP contribution < -0.4 is 5.32 Å². The number of hydrogen-bond donors (Lipinski definition) is 1. The number of nitrogens with one attached hydrogen (secondary N) is 1. The van der Waals surface area contributed by atoms with Gasteiger partial charge in [-0.2, -0.15) is 18.3 Å². The van der Waals surface area contributed by atoms with E-state index in [9.17, 15) is 18.0 Å². The van der Waals surface area contributed by atoms with Crippen LogP contribution >= 0.6 is 27.5 Å². The van der Waals surface area contributed by atoms with E-state index < -0.39 is 23.2 Å². The van der Waals surface area contributed by atoms with E-state index in [1.165, 1.54) is 17.1 Å². The van der Waals surface area contributed by atoms with Gasteiger partial charge in [0.1, 0.15) is 0 Å². The number of amides is 2. The van der Waals surface area contributed by atoms with Gasteiger partial charge >= 0.3 is 12.2 Å². The van der Waals surface area contributed by atoms with Crippen LogP contribution in [0.15, 0.2) is 82.4 Å². The van der Waals surface area contributed by atoms with Crippen LogP contribution in [0.2, 0.25) is 5.02 Å². The standard InChI is InChI=1S/C24H18BrClF3N3O/c1-23(16-4-6-17(7-5-16)24(27,28)29)14-32(22(33)30-20-12-8-18(25)9-13-20)31-21(23)15-2-10-19(26)11-3-15/h2-13H,14H2,1H3,(H,30,33). The van der Waals surface area contributed by atoms with Gasteiger partial charge in [0.25, 0.3) is 0 Å². The van der Waals surface area contributed by atoms with E-state index in [0.29, 0.717) is 22.0 Å². The fourth-order valence-corrected chi connectivity index (χ4v) is 4.11. The van der Waals surface area contributed by atoms with E-state index in [-0.39, 0.29) is 6.54 Å². The Morgan fingerprint density at radius 2 is 1.64 bits per heavy atom. The molecule has 1 N–H and O–H groups in total. The molecule has 1 aliphatic heterocycles. The SMILES string of the molecule is CC1(c2ccc(C(F)(F)F)cc2)CN(C(=O)Nc2ccc(Br)cc2)N=C1c1ccc(Cl)cc1. The highest BCUT2D eigenvalue weighted by molar-refractivity contribution is 9.10. The lowest BCUT2D eigenvalue weighted by atomic mass is 9.76. The van der Waals surface area contributed by atoms with Crippen molar-refractivity contribution in [1.29, 1.82) is 0 Å². The maximum atomic E-state index is 13.1. The van der Waals surface area contributed by atoms with Crippen LogP contribution in [0.25, 0.3) is 0 Å². The van der Waals surface area contributed by atoms with Crippen molar-refractivity contribution < 1.29 is 18.0 Å². The third-order valence-electron chi connectivity index (χ3n) is 5.51. The molecule has 170 valence electrons. The molecule has 33 heavy (non-hydrogen) atoms. The predicted octanol–water partition coefficient (Wildman–Crippen LogP) is 7.33. The summed E-state index contributed by atoms with van der Waals surface area (Å²) in [6, 6.07) is 18.6. The van der Waals surface area contributed by atoms with Crippen molar-refractivity contribution in [2.45, 2.75) is 18.5 Å². The van der Waals surface area contributed by atoms with Gasteiger partial charge in [-0.25, -0.2) is 9.80 Å². The number of rotatable bonds is 3. The average molecular weight is 537 g/mol. The molecule has 1 atom stereocenters. The van der Waals surface area contributed by atoms with Crippen LogP contribution in [0.5, 0.6) is 0 Å². The molecule has 1 aliphatic rings. The molecule has 0 aliphatic carbocycles. The number of alkyl halides is 3. The van der Waals surface area contributed by atoms with Crippen LogP contribution in [0.1, 0.15) is 23.6 Å². The van der Waals surface area contributed by atoms with Gasteiger partial charge in [-0.05, 0) is 66.6 Å². The third-order valence-corrected chi connectivity index (χ3v) is 6.29. The zero-order valence-electron chi connectivity index (χ0n) is 17.3. The van der Waals surface area contributed by atoms with Crippen LogP contribution in [-0.4, -0.2) is 23.3 Å². The normalized spacial score (nSPS) is 18.2. The molecule has 0 saturated carbocycles. The van der Waals surface area contributed by atoms with Gasteiger partial charge in [-0.3, -0.25) is 0 Å². The van der Waals surface area contributed by atoms with Gasteiger partial charge in [0, 0.05) is 15.2 Å². The smallest absolute Gasteiger partial charge is 0.306 e. The maximum absolute atomic E-state index is 13.1. The molecule has 4 nitrogen and oxygen atoms in total. The van der Waals surface area contributed by atoms with Crippen molar-refractivity contribution in [2.24, 2.45) is 5.10 Å². The minimum atomic E-state index is -4.43. The minimum absolute atomic E-state index is 0.151. The van der Waals surface area contributed by atoms with E-state index in [2.05, 4.69) is 26.3 Å². The number of hydrogen-bond acceptors (Lipinski definition) is 2. The topological polar surface area (TPSA) is 44.7 Å². The first kappa shape index (κ1) is 23.3. The summed E-state index contributed by atoms with van der Waals surface area (Å²) in [6.07, 6.45) is -4.43. The molecule has 0 bridgehead atoms. The summed E-state index contributed by atoms with van der Waals surface area (Å²) < 4.78 is 40.1. The highest BCUT2D eigenvalue weighted by atomic mass is 79.9. The number of anilines is 1. The summed E-state index contributed by atoms with van der Waals surface area (Å²) in [5.41, 5.74) is 0.917. The molecule has 4 rings (SSSR count). The van der Waals surface area contributed by atoms with Crippen molar-refractivity contribution in [1.82, 2.24) is 5.01 Å². The molecule has 0 aromatic heterocycles. The fraction of sp³-hybridized carbons (Fsp3) is 0.167. The van der Waals surface area contributed by atoms with E-state index in [1.54, 1.807) is 48.5 Å². The first-order chi connectivity index (χ1) is 15.6. The molecule has 0 spiro atoms. The molecule has 3 aromatic carbocycles. The Hall–Kier alpha value is -2.84. The van der Waals surface area contributed by atoms with Crippen molar-refractivity contribution >= 4 is 45.0 Å². The highest BCUT2D eigenvalue weighted by Gasteiger charge is 2.43. The summed E-state index contributed by atoms with van der Waals surface area (Å²) in [7, 11) is 0. The van der Waals surface area contributed by atoms with Crippen LogP contribution in [-0.2, 0) is 11.6 Å². The second kappa shape index (κ2) is 8.83. The Morgan fingerprint density at radius 3 is 2.21 bits per heavy atom. The van der Waals surface area contributed by atoms with Gasteiger partial charge in [0.15, 0.2) is 0 Å². The Kier molecular flexibility index (Phi) is 6.24. The molecule has 0 saturated heterocycles. The van der Waals surface area contributed by atoms with Crippen molar-refractivity contribution in [2.75, 3.05) is 11.9 Å². The van der Waals surface area contributed by atoms with Crippen LogP contribution in [0.3, 0.4) is 0 Å². The molecule has 0 radical (unpaired) electrons. The maximum Gasteiger partial charge on any atom is 0.416 e. The zero-order valence-corrected chi connectivity index (χ0v) is 19.7. The van der Waals surface area contributed by atoms with E-state index in [1.807, 2.05) is 6.92 Å². The second-order valence-electron chi connectivity index (χ2n) is 7.86. The number of halogens is 5. The molecule has 1 heterocycles. The van der Waals surface area contributed by atoms with Crippen molar-refractivity contribution in [3.8, 4) is 0 Å². The summed E-state index contributed by atoms with van der Waals surface area (Å²) in [5, 5.41) is 9.20. The Labute approximate surface area is 202 Å². The van der Waals surface area contributed by atoms with E-state index >= 15 is 0 Å². The Bertz CT molecular complexity index is 1200. The summed E-state index contributed by atoms with van der Waals surface area (Å²) in [6.45, 7) is 2.01. The number of carbonyl (C=O) groups excluding carboxylic acids is 1. The van der Waals surface area contributed by atoms with E-state index in [0.717, 1.165) is 22.2 Å². The zero-order chi connectivity index (χ0) is 23.8. The average Bonchev–Trinajstić information content (AvgIpc) is 3.14. The first-order valence-electron chi connectivity index (χ1n) is 9.93. The van der Waals surface area contributed by atoms with Gasteiger partial charge < -0.3 is 5.32 Å². The van der Waals surface area contributed by atoms with Crippen molar-refractivity contribution in [3.63, 3.8) is 0 Å². The van der Waals surface area contributed by atoms with Gasteiger partial charge in [0.2, 0.25) is 0 Å². The summed E-state index contributed by atoms with van der Waals surface area (Å²) in [4.78, 5) is 13.0. The second-order valence-corrected chi connectivity index (χ2v) is 9.21. The van der Waals surface area contributed by atoms with Gasteiger partial charge in [0.05, 0.1) is 23.2 Å². The summed E-state index contributed by atoms with van der Waals surface area (Å²) >= 11 is 9.37. The molecule has 1 unspecified atom stereocenters. The molecule has 3 aromatic rings. The number of benzene rings is 3. The Balaban J connectivity index is 1.69. The molecule has 0 fully saturated rings. The van der Waals surface area contributed by atoms with Crippen molar-refractivity contribution in [3.05, 3.63) is 99.0 Å². The third kappa shape index (κ3) is 4.91. The minimum Gasteiger partial charge on any atom is -0.306 e. The predicted molar refractivity (Wildman–Crippen MR) is 127 cm³/mol. The fourth-order valence-electron chi connectivity index (χ4n) is 3.72. The lowest BCUT2D eigenvalue weighted by Crippen LogP contribution is -2.38. The van der Waals surface area contributed by atoms with Gasteiger partial charge in [-0.15, -0.1) is 0 Å².